The van der Waals surface area contributed by atoms with Gasteiger partial charge in [0, 0.05) is 19.4 Å². The Balaban J connectivity index is 2.05. The lowest BCUT2D eigenvalue weighted by molar-refractivity contribution is 0.288. The summed E-state index contributed by atoms with van der Waals surface area (Å²) >= 11 is 0. The third-order valence-electron chi connectivity index (χ3n) is 5.56. The molecule has 0 saturated heterocycles. The summed E-state index contributed by atoms with van der Waals surface area (Å²) in [5.41, 5.74) is 0. The molecule has 3 heteroatoms. The molecule has 32 heavy (non-hydrogen) atoms. The second-order valence-corrected chi connectivity index (χ2v) is 13.4. The van der Waals surface area contributed by atoms with Gasteiger partial charge in [0.25, 0.3) is 8.32 Å². The van der Waals surface area contributed by atoms with E-state index in [2.05, 4.69) is 112 Å². The van der Waals surface area contributed by atoms with Crippen molar-refractivity contribution in [1.29, 1.82) is 0 Å². The third kappa shape index (κ3) is 7.39. The van der Waals surface area contributed by atoms with Crippen LogP contribution in [-0.4, -0.2) is 26.1 Å². The Morgan fingerprint density at radius 3 is 1.78 bits per heavy atom. The molecule has 1 N–H and O–H groups in total. The minimum atomic E-state index is -2.48. The number of hydrogen-bond donors (Lipinski definition) is 1. The lowest BCUT2D eigenvalue weighted by Crippen LogP contribution is -2.66. The van der Waals surface area contributed by atoms with E-state index in [0.29, 0.717) is 13.0 Å². The lowest BCUT2D eigenvalue weighted by atomic mass is 10.2. The average Bonchev–Trinajstić information content (AvgIpc) is 2.79. The molecule has 0 aliphatic heterocycles. The van der Waals surface area contributed by atoms with Gasteiger partial charge in [0.1, 0.15) is 0 Å². The summed E-state index contributed by atoms with van der Waals surface area (Å²) in [5, 5.41) is 12.5. The van der Waals surface area contributed by atoms with E-state index >= 15 is 0 Å². The van der Waals surface area contributed by atoms with E-state index in [0.717, 1.165) is 19.3 Å². The second-order valence-electron chi connectivity index (χ2n) is 9.12. The summed E-state index contributed by atoms with van der Waals surface area (Å²) < 4.78 is 6.86. The van der Waals surface area contributed by atoms with Crippen molar-refractivity contribution in [2.45, 2.75) is 77.4 Å². The SMILES string of the molecule is CCCCCC#C[C@@H](O)C#CCCCO[Si](c1ccccc1)(c1ccccc1)C(C)(C)C. The highest BCUT2D eigenvalue weighted by atomic mass is 28.4. The maximum Gasteiger partial charge on any atom is 0.261 e. The van der Waals surface area contributed by atoms with Gasteiger partial charge in [-0.15, -0.1) is 0 Å². The number of benzene rings is 2. The molecule has 0 bridgehead atoms. The predicted molar refractivity (Wildman–Crippen MR) is 139 cm³/mol. The molecule has 0 saturated carbocycles. The van der Waals surface area contributed by atoms with Crippen molar-refractivity contribution < 1.29 is 9.53 Å². The maximum absolute atomic E-state index is 9.92. The molecule has 2 aromatic carbocycles. The van der Waals surface area contributed by atoms with E-state index < -0.39 is 14.4 Å². The molecule has 0 aromatic heterocycles. The fourth-order valence-electron chi connectivity index (χ4n) is 3.98. The van der Waals surface area contributed by atoms with Crippen molar-refractivity contribution in [3.63, 3.8) is 0 Å². The number of aliphatic hydroxyl groups is 1. The summed E-state index contributed by atoms with van der Waals surface area (Å²) in [6, 6.07) is 21.4. The van der Waals surface area contributed by atoms with E-state index in [1.54, 1.807) is 0 Å². The van der Waals surface area contributed by atoms with Crippen molar-refractivity contribution in [2.24, 2.45) is 0 Å². The second kappa shape index (κ2) is 13.3. The van der Waals surface area contributed by atoms with Gasteiger partial charge in [-0.2, -0.15) is 0 Å². The number of hydrogen-bond acceptors (Lipinski definition) is 2. The molecule has 0 unspecified atom stereocenters. The van der Waals surface area contributed by atoms with Crippen molar-refractivity contribution in [2.75, 3.05) is 6.61 Å². The summed E-state index contributed by atoms with van der Waals surface area (Å²) in [5.74, 6) is 11.8. The smallest absolute Gasteiger partial charge is 0.261 e. The minimum Gasteiger partial charge on any atom is -0.407 e. The summed E-state index contributed by atoms with van der Waals surface area (Å²) in [4.78, 5) is 0. The Labute approximate surface area is 196 Å². The fraction of sp³-hybridized carbons (Fsp3) is 0.448. The van der Waals surface area contributed by atoms with Gasteiger partial charge in [-0.25, -0.2) is 0 Å². The first-order chi connectivity index (χ1) is 15.4. The molecule has 0 spiro atoms. The average molecular weight is 447 g/mol. The number of rotatable bonds is 9. The molecule has 170 valence electrons. The molecular weight excluding hydrogens is 408 g/mol. The van der Waals surface area contributed by atoms with Crippen LogP contribution in [0.5, 0.6) is 0 Å². The van der Waals surface area contributed by atoms with Crippen LogP contribution in [0.15, 0.2) is 60.7 Å². The van der Waals surface area contributed by atoms with E-state index in [4.69, 9.17) is 4.43 Å². The van der Waals surface area contributed by atoms with Gasteiger partial charge in [-0.3, -0.25) is 0 Å². The highest BCUT2D eigenvalue weighted by molar-refractivity contribution is 6.99. The van der Waals surface area contributed by atoms with Crippen LogP contribution in [0.1, 0.15) is 66.2 Å². The van der Waals surface area contributed by atoms with Gasteiger partial charge in [0.05, 0.1) is 0 Å². The van der Waals surface area contributed by atoms with Crippen molar-refractivity contribution in [3.05, 3.63) is 60.7 Å². The number of aliphatic hydroxyl groups excluding tert-OH is 1. The third-order valence-corrected chi connectivity index (χ3v) is 10.6. The predicted octanol–water partition coefficient (Wildman–Crippen LogP) is 5.29. The first-order valence-corrected chi connectivity index (χ1v) is 13.7. The lowest BCUT2D eigenvalue weighted by Gasteiger charge is -2.43. The van der Waals surface area contributed by atoms with Gasteiger partial charge >= 0.3 is 0 Å². The van der Waals surface area contributed by atoms with Crippen LogP contribution in [0.25, 0.3) is 0 Å². The van der Waals surface area contributed by atoms with Gasteiger partial charge in [0.2, 0.25) is 0 Å². The first kappa shape index (κ1) is 26.0. The quantitative estimate of drug-likeness (QED) is 0.322. The minimum absolute atomic E-state index is 0.0229. The van der Waals surface area contributed by atoms with Crippen LogP contribution in [0.3, 0.4) is 0 Å². The topological polar surface area (TPSA) is 29.5 Å². The summed E-state index contributed by atoms with van der Waals surface area (Å²) in [7, 11) is -2.48. The zero-order valence-corrected chi connectivity index (χ0v) is 21.2. The van der Waals surface area contributed by atoms with Gasteiger partial charge < -0.3 is 9.53 Å². The molecular formula is C29H38O2Si. The van der Waals surface area contributed by atoms with Crippen LogP contribution in [-0.2, 0) is 4.43 Å². The highest BCUT2D eigenvalue weighted by Crippen LogP contribution is 2.36. The molecule has 1 atom stereocenters. The van der Waals surface area contributed by atoms with Gasteiger partial charge in [-0.1, -0.05) is 125 Å². The molecule has 0 heterocycles. The maximum atomic E-state index is 9.92. The molecule has 2 aromatic rings. The first-order valence-electron chi connectivity index (χ1n) is 11.8. The van der Waals surface area contributed by atoms with Crippen LogP contribution in [0, 0.1) is 23.7 Å². The largest absolute Gasteiger partial charge is 0.407 e. The zero-order chi connectivity index (χ0) is 23.3. The monoisotopic (exact) mass is 446 g/mol. The van der Waals surface area contributed by atoms with Crippen LogP contribution >= 0.6 is 0 Å². The van der Waals surface area contributed by atoms with Crippen molar-refractivity contribution >= 4 is 18.7 Å². The Morgan fingerprint density at radius 1 is 0.812 bits per heavy atom. The molecule has 0 radical (unpaired) electrons. The molecule has 0 aliphatic carbocycles. The van der Waals surface area contributed by atoms with Gasteiger partial charge in [-0.05, 0) is 28.3 Å². The Morgan fingerprint density at radius 2 is 1.31 bits per heavy atom. The number of unbranched alkanes of at least 4 members (excludes halogenated alkanes) is 4. The van der Waals surface area contributed by atoms with E-state index in [1.807, 2.05) is 0 Å². The Kier molecular flexibility index (Phi) is 10.8. The van der Waals surface area contributed by atoms with Crippen LogP contribution in [0.4, 0.5) is 0 Å². The zero-order valence-electron chi connectivity index (χ0n) is 20.2. The fourth-order valence-corrected chi connectivity index (χ4v) is 8.59. The summed E-state index contributed by atoms with van der Waals surface area (Å²) in [6.45, 7) is 9.67. The molecule has 0 amide bonds. The molecule has 2 nitrogen and oxygen atoms in total. The van der Waals surface area contributed by atoms with Gasteiger partial charge in [0.15, 0.2) is 6.10 Å². The normalized spacial score (nSPS) is 12.3. The Hall–Kier alpha value is -2.30. The molecule has 0 fully saturated rings. The van der Waals surface area contributed by atoms with Crippen LogP contribution < -0.4 is 10.4 Å². The molecule has 0 aliphatic rings. The summed E-state index contributed by atoms with van der Waals surface area (Å²) in [6.07, 6.45) is 4.94. The van der Waals surface area contributed by atoms with E-state index in [9.17, 15) is 5.11 Å². The molecule has 2 rings (SSSR count). The van der Waals surface area contributed by atoms with Crippen molar-refractivity contribution in [1.82, 2.24) is 0 Å². The van der Waals surface area contributed by atoms with Crippen molar-refractivity contribution in [3.8, 4) is 23.7 Å². The van der Waals surface area contributed by atoms with E-state index in [1.165, 1.54) is 23.2 Å². The standard InChI is InChI=1S/C29H38O2Si/c1-5-6-7-8-12-19-26(30)20-13-11-18-25-31-32(29(2,3)4,27-21-14-9-15-22-27)28-23-16-10-17-24-28/h9-10,14-17,21-24,26,30H,5-8,11,18,25H2,1-4H3/t26-/m1/s1. The highest BCUT2D eigenvalue weighted by Gasteiger charge is 2.49. The Bertz CT molecular complexity index is 869. The van der Waals surface area contributed by atoms with E-state index in [-0.39, 0.29) is 5.04 Å². The van der Waals surface area contributed by atoms with Crippen LogP contribution in [0.2, 0.25) is 5.04 Å².